The van der Waals surface area contributed by atoms with E-state index in [4.69, 9.17) is 9.72 Å². The number of aromatic nitrogens is 3. The Morgan fingerprint density at radius 3 is 2.52 bits per heavy atom. The van der Waals surface area contributed by atoms with Crippen molar-refractivity contribution in [3.63, 3.8) is 0 Å². The van der Waals surface area contributed by atoms with Crippen LogP contribution in [0.5, 0.6) is 0 Å². The SMILES string of the molecule is CC(C)Cc1cccc2[nH]c(Cn3cccc(NC(=O)C(CC/C=C/C(=O)N(C)C)OC(=O)N(C)C)c3=O)nc12. The van der Waals surface area contributed by atoms with E-state index in [1.807, 2.05) is 12.1 Å². The van der Waals surface area contributed by atoms with Gasteiger partial charge < -0.3 is 29.4 Å². The van der Waals surface area contributed by atoms with Crippen molar-refractivity contribution in [3.05, 3.63) is 70.4 Å². The van der Waals surface area contributed by atoms with Crippen molar-refractivity contribution < 1.29 is 19.1 Å². The summed E-state index contributed by atoms with van der Waals surface area (Å²) in [6.45, 7) is 4.49. The summed E-state index contributed by atoms with van der Waals surface area (Å²) in [6, 6.07) is 9.15. The summed E-state index contributed by atoms with van der Waals surface area (Å²) in [4.78, 5) is 60.9. The van der Waals surface area contributed by atoms with Crippen molar-refractivity contribution in [2.45, 2.75) is 45.8 Å². The lowest BCUT2D eigenvalue weighted by Gasteiger charge is -2.19. The lowest BCUT2D eigenvalue weighted by atomic mass is 10.0. The van der Waals surface area contributed by atoms with Crippen molar-refractivity contribution in [2.75, 3.05) is 33.5 Å². The number of aromatic amines is 1. The summed E-state index contributed by atoms with van der Waals surface area (Å²) in [6.07, 6.45) is 4.09. The van der Waals surface area contributed by atoms with Crippen molar-refractivity contribution in [3.8, 4) is 0 Å². The second kappa shape index (κ2) is 13.6. The predicted molar refractivity (Wildman–Crippen MR) is 154 cm³/mol. The van der Waals surface area contributed by atoms with Gasteiger partial charge in [-0.05, 0) is 55.0 Å². The van der Waals surface area contributed by atoms with Crippen molar-refractivity contribution in [1.29, 1.82) is 0 Å². The van der Waals surface area contributed by atoms with Crippen LogP contribution in [0, 0.1) is 5.92 Å². The Balaban J connectivity index is 1.77. The molecule has 2 N–H and O–H groups in total. The molecule has 0 aliphatic heterocycles. The molecule has 0 saturated carbocycles. The summed E-state index contributed by atoms with van der Waals surface area (Å²) >= 11 is 0. The highest BCUT2D eigenvalue weighted by molar-refractivity contribution is 5.95. The highest BCUT2D eigenvalue weighted by Gasteiger charge is 2.24. The second-order valence-corrected chi connectivity index (χ2v) is 10.4. The van der Waals surface area contributed by atoms with Gasteiger partial charge in [-0.15, -0.1) is 0 Å². The predicted octanol–water partition coefficient (Wildman–Crippen LogP) is 3.40. The monoisotopic (exact) mass is 550 g/mol. The van der Waals surface area contributed by atoms with Crippen LogP contribution in [0.25, 0.3) is 11.0 Å². The lowest BCUT2D eigenvalue weighted by Crippen LogP contribution is -2.37. The van der Waals surface area contributed by atoms with E-state index in [-0.39, 0.29) is 24.6 Å². The van der Waals surface area contributed by atoms with Crippen LogP contribution in [0.3, 0.4) is 0 Å². The quantitative estimate of drug-likeness (QED) is 0.352. The first-order chi connectivity index (χ1) is 19.0. The van der Waals surface area contributed by atoms with Crippen LogP contribution in [-0.4, -0.2) is 76.5 Å². The number of anilines is 1. The fourth-order valence-electron chi connectivity index (χ4n) is 4.00. The minimum atomic E-state index is -1.17. The fraction of sp³-hybridized carbons (Fsp3) is 0.414. The van der Waals surface area contributed by atoms with E-state index < -0.39 is 23.7 Å². The molecule has 2 heterocycles. The number of pyridine rings is 1. The zero-order valence-corrected chi connectivity index (χ0v) is 23.9. The van der Waals surface area contributed by atoms with Crippen LogP contribution in [0.4, 0.5) is 10.5 Å². The number of hydrogen-bond donors (Lipinski definition) is 2. The molecule has 40 heavy (non-hydrogen) atoms. The van der Waals surface area contributed by atoms with Crippen LogP contribution >= 0.6 is 0 Å². The van der Waals surface area contributed by atoms with Crippen molar-refractivity contribution in [2.24, 2.45) is 5.92 Å². The summed E-state index contributed by atoms with van der Waals surface area (Å²) in [5.41, 5.74) is 2.55. The van der Waals surface area contributed by atoms with Gasteiger partial charge in [0.2, 0.25) is 5.91 Å². The molecule has 3 amide bonds. The number of fused-ring (bicyclic) bond motifs is 1. The number of nitrogens with zero attached hydrogens (tertiary/aromatic N) is 4. The Morgan fingerprint density at radius 1 is 1.10 bits per heavy atom. The summed E-state index contributed by atoms with van der Waals surface area (Å²) in [5.74, 6) is 0.260. The van der Waals surface area contributed by atoms with E-state index in [1.165, 1.54) is 40.6 Å². The molecule has 1 aromatic carbocycles. The molecule has 2 aromatic heterocycles. The number of para-hydroxylation sites is 1. The third kappa shape index (κ3) is 8.05. The summed E-state index contributed by atoms with van der Waals surface area (Å²) in [7, 11) is 6.28. The zero-order valence-electron chi connectivity index (χ0n) is 23.9. The Kier molecular flexibility index (Phi) is 10.2. The first-order valence-electron chi connectivity index (χ1n) is 13.2. The van der Waals surface area contributed by atoms with Gasteiger partial charge in [-0.25, -0.2) is 9.78 Å². The van der Waals surface area contributed by atoms with E-state index in [0.29, 0.717) is 18.2 Å². The first kappa shape index (κ1) is 30.1. The fourth-order valence-corrected chi connectivity index (χ4v) is 4.00. The molecule has 3 aromatic rings. The molecular formula is C29H38N6O5. The summed E-state index contributed by atoms with van der Waals surface area (Å²) in [5, 5.41) is 2.61. The first-order valence-corrected chi connectivity index (χ1v) is 13.2. The Bertz CT molecular complexity index is 1440. The number of ether oxygens (including phenoxy) is 1. The molecule has 0 spiro atoms. The van der Waals surface area contributed by atoms with Gasteiger partial charge in [-0.3, -0.25) is 14.4 Å². The van der Waals surface area contributed by atoms with E-state index >= 15 is 0 Å². The van der Waals surface area contributed by atoms with Crippen LogP contribution < -0.4 is 10.9 Å². The normalized spacial score (nSPS) is 12.1. The number of allylic oxidation sites excluding steroid dienone is 1. The van der Waals surface area contributed by atoms with E-state index in [0.717, 1.165) is 23.0 Å². The molecule has 1 unspecified atom stereocenters. The highest BCUT2D eigenvalue weighted by atomic mass is 16.6. The number of rotatable bonds is 11. The maximum Gasteiger partial charge on any atom is 0.410 e. The number of carbonyl (C=O) groups is 3. The Labute approximate surface area is 233 Å². The Hall–Kier alpha value is -4.41. The Morgan fingerprint density at radius 2 is 1.85 bits per heavy atom. The average Bonchev–Trinajstić information content (AvgIpc) is 3.31. The molecule has 0 bridgehead atoms. The molecule has 3 rings (SSSR count). The van der Waals surface area contributed by atoms with Crippen molar-refractivity contribution in [1.82, 2.24) is 24.3 Å². The van der Waals surface area contributed by atoms with Gasteiger partial charge in [0.1, 0.15) is 11.5 Å². The van der Waals surface area contributed by atoms with Gasteiger partial charge in [-0.2, -0.15) is 0 Å². The second-order valence-electron chi connectivity index (χ2n) is 10.4. The molecular weight excluding hydrogens is 512 g/mol. The molecule has 0 radical (unpaired) electrons. The molecule has 11 heteroatoms. The average molecular weight is 551 g/mol. The third-order valence-corrected chi connectivity index (χ3v) is 6.07. The molecule has 11 nitrogen and oxygen atoms in total. The highest BCUT2D eigenvalue weighted by Crippen LogP contribution is 2.20. The van der Waals surface area contributed by atoms with Crippen LogP contribution in [-0.2, 0) is 27.3 Å². The van der Waals surface area contributed by atoms with Gasteiger partial charge in [0, 0.05) is 34.4 Å². The number of H-pyrrole nitrogens is 1. The number of hydrogen-bond acceptors (Lipinski definition) is 6. The lowest BCUT2D eigenvalue weighted by molar-refractivity contribution is -0.125. The maximum atomic E-state index is 13.2. The van der Waals surface area contributed by atoms with Gasteiger partial charge >= 0.3 is 6.09 Å². The van der Waals surface area contributed by atoms with Crippen molar-refractivity contribution >= 4 is 34.6 Å². The standard InChI is InChI=1S/C29H38N6O5/c1-19(2)17-20-11-9-12-21-26(20)32-24(30-21)18-35-16-10-13-22(28(35)38)31-27(37)23(40-29(39)34(5)6)14-7-8-15-25(36)33(3)4/h8-13,15-16,19,23H,7,14,17-18H2,1-6H3,(H,30,32)(H,31,37)/b15-8+. The largest absolute Gasteiger partial charge is 0.436 e. The molecule has 0 fully saturated rings. The molecule has 0 aliphatic carbocycles. The van der Waals surface area contributed by atoms with Crippen LogP contribution in [0.15, 0.2) is 53.5 Å². The maximum absolute atomic E-state index is 13.2. The number of amides is 3. The minimum Gasteiger partial charge on any atom is -0.436 e. The smallest absolute Gasteiger partial charge is 0.410 e. The van der Waals surface area contributed by atoms with E-state index in [9.17, 15) is 19.2 Å². The van der Waals surface area contributed by atoms with Crippen LogP contribution in [0.1, 0.15) is 38.1 Å². The third-order valence-electron chi connectivity index (χ3n) is 6.07. The van der Waals surface area contributed by atoms with E-state index in [2.05, 4.69) is 30.2 Å². The molecule has 0 aliphatic rings. The number of imidazole rings is 1. The number of carbonyl (C=O) groups excluding carboxylic acids is 3. The van der Waals surface area contributed by atoms with Gasteiger partial charge in [0.05, 0.1) is 17.6 Å². The molecule has 214 valence electrons. The number of likely N-dealkylation sites (N-methyl/N-ethyl adjacent to an activating group) is 1. The van der Waals surface area contributed by atoms with Gasteiger partial charge in [0.25, 0.3) is 11.5 Å². The number of benzene rings is 1. The molecule has 0 saturated heterocycles. The molecule has 1 atom stereocenters. The van der Waals surface area contributed by atoms with Crippen LogP contribution in [0.2, 0.25) is 0 Å². The minimum absolute atomic E-state index is 0.0494. The zero-order chi connectivity index (χ0) is 29.4. The van der Waals surface area contributed by atoms with Gasteiger partial charge in [-0.1, -0.05) is 32.1 Å². The van der Waals surface area contributed by atoms with E-state index in [1.54, 1.807) is 32.4 Å². The topological polar surface area (TPSA) is 130 Å². The summed E-state index contributed by atoms with van der Waals surface area (Å²) < 4.78 is 6.81. The van der Waals surface area contributed by atoms with Gasteiger partial charge in [0.15, 0.2) is 6.10 Å². The number of nitrogens with one attached hydrogen (secondary N) is 2.